The molecule has 6 heterocycles. The first-order valence-electron chi connectivity index (χ1n) is 27.9. The molecule has 10 aromatic carbocycles. The van der Waals surface area contributed by atoms with Crippen LogP contribution in [0, 0.1) is 0 Å². The van der Waals surface area contributed by atoms with Crippen molar-refractivity contribution in [2.24, 2.45) is 9.98 Å². The Morgan fingerprint density at radius 2 is 0.988 bits per heavy atom. The van der Waals surface area contributed by atoms with E-state index >= 15 is 0 Å². The molecule has 3 unspecified atom stereocenters. The van der Waals surface area contributed by atoms with E-state index in [-0.39, 0.29) is 12.0 Å². The SMILES string of the molecule is C1=CC2c3cc4c(cc3N(c3cccc(-n5c6ccccc6c6ccc7c(c8ccccc8n7C7N=C(c8ccccc8)N=C(c8ccccc8)N7)c65)c3)C2C=C1)c1ccccc1n4-c1nc(-c2ccccc2)nc(-c2ccccc2)n1. The minimum absolute atomic E-state index is 0.0319. The second-order valence-electron chi connectivity index (χ2n) is 21.2. The fourth-order valence-electron chi connectivity index (χ4n) is 13.1. The van der Waals surface area contributed by atoms with Crippen molar-refractivity contribution in [1.29, 1.82) is 0 Å². The quantitative estimate of drug-likeness (QED) is 0.164. The summed E-state index contributed by atoms with van der Waals surface area (Å²) < 4.78 is 7.08. The van der Waals surface area contributed by atoms with Gasteiger partial charge in [0.2, 0.25) is 12.2 Å². The smallest absolute Gasteiger partial charge is 0.238 e. The van der Waals surface area contributed by atoms with E-state index in [1.807, 2.05) is 60.7 Å². The van der Waals surface area contributed by atoms with Crippen molar-refractivity contribution in [3.05, 3.63) is 284 Å². The highest BCUT2D eigenvalue weighted by Gasteiger charge is 2.39. The lowest BCUT2D eigenvalue weighted by atomic mass is 9.91. The molecule has 3 atom stereocenters. The number of aromatic nitrogens is 6. The van der Waals surface area contributed by atoms with Crippen molar-refractivity contribution < 1.29 is 0 Å². The average Bonchev–Trinajstić information content (AvgIpc) is 2.85. The van der Waals surface area contributed by atoms with Gasteiger partial charge in [-0.2, -0.15) is 9.97 Å². The van der Waals surface area contributed by atoms with Gasteiger partial charge in [0, 0.05) is 77.6 Å². The van der Waals surface area contributed by atoms with Gasteiger partial charge in [-0.25, -0.2) is 15.0 Å². The molecule has 1 N–H and O–H groups in total. The molecule has 0 saturated carbocycles. The molecular formula is C72H48N10. The van der Waals surface area contributed by atoms with Crippen LogP contribution in [0.15, 0.2) is 277 Å². The molecule has 82 heavy (non-hydrogen) atoms. The molecule has 0 bridgehead atoms. The molecule has 0 radical (unpaired) electrons. The molecule has 0 spiro atoms. The highest BCUT2D eigenvalue weighted by atomic mass is 15.3. The molecule has 10 nitrogen and oxygen atoms in total. The maximum absolute atomic E-state index is 5.41. The zero-order chi connectivity index (χ0) is 53.8. The number of anilines is 2. The Morgan fingerprint density at radius 3 is 1.70 bits per heavy atom. The largest absolute Gasteiger partial charge is 0.333 e. The van der Waals surface area contributed by atoms with Gasteiger partial charge in [0.15, 0.2) is 17.5 Å². The van der Waals surface area contributed by atoms with Gasteiger partial charge >= 0.3 is 0 Å². The predicted molar refractivity (Wildman–Crippen MR) is 334 cm³/mol. The van der Waals surface area contributed by atoms with Crippen molar-refractivity contribution in [3.63, 3.8) is 0 Å². The molecular weight excluding hydrogens is 1000 g/mol. The van der Waals surface area contributed by atoms with Crippen LogP contribution in [0.25, 0.3) is 99.8 Å². The van der Waals surface area contributed by atoms with Crippen LogP contribution in [-0.2, 0) is 0 Å². The van der Waals surface area contributed by atoms with Crippen LogP contribution < -0.4 is 10.2 Å². The van der Waals surface area contributed by atoms with E-state index in [0.29, 0.717) is 23.4 Å². The normalized spacial score (nSPS) is 16.5. The fraction of sp³-hybridized carbons (Fsp3) is 0.0417. The van der Waals surface area contributed by atoms with Crippen molar-refractivity contribution in [2.75, 3.05) is 4.90 Å². The number of hydrogen-bond donors (Lipinski definition) is 1. The number of nitrogens with one attached hydrogen (secondary N) is 1. The van der Waals surface area contributed by atoms with Crippen molar-refractivity contribution in [3.8, 4) is 34.4 Å². The Hall–Kier alpha value is -11.0. The Labute approximate surface area is 471 Å². The second-order valence-corrected chi connectivity index (χ2v) is 21.2. The number of fused-ring (bicyclic) bond motifs is 13. The maximum atomic E-state index is 5.41. The monoisotopic (exact) mass is 1050 g/mol. The summed E-state index contributed by atoms with van der Waals surface area (Å²) in [5.41, 5.74) is 14.9. The van der Waals surface area contributed by atoms with Gasteiger partial charge in [0.25, 0.3) is 0 Å². The van der Waals surface area contributed by atoms with E-state index in [4.69, 9.17) is 24.9 Å². The standard InChI is InChI=1S/C72H48N10/c1-5-22-45(23-6-1)67-73-68(46-24-7-2-8-25-46)76-71(75-67)81-61-39-20-16-35-55(61)65-62(81)41-40-54-51-32-13-18-37-59(51)80(66(54)65)50-31-21-30-49(42-50)79-58-36-17-14-33-52(58)56-44-64-57(43-63(56)79)53-34-15-19-38-60(53)82(64)72-77-69(47-26-9-3-10-27-47)74-70(78-72)48-28-11-4-12-29-48/h1-44,52,58,71H,(H,73,75,76). The Balaban J connectivity index is 0.850. The number of rotatable bonds is 8. The zero-order valence-electron chi connectivity index (χ0n) is 44.2. The summed E-state index contributed by atoms with van der Waals surface area (Å²) >= 11 is 0. The summed E-state index contributed by atoms with van der Waals surface area (Å²) in [5, 5.41) is 10.7. The number of nitrogens with zero attached hydrogens (tertiary/aromatic N) is 9. The number of benzene rings is 10. The van der Waals surface area contributed by atoms with Gasteiger partial charge in [0.05, 0.1) is 39.1 Å². The van der Waals surface area contributed by atoms with Gasteiger partial charge in [-0.1, -0.05) is 212 Å². The number of aliphatic imine (C=N–C) groups is 2. The van der Waals surface area contributed by atoms with Crippen molar-refractivity contribution in [2.45, 2.75) is 18.2 Å². The van der Waals surface area contributed by atoms with Gasteiger partial charge in [0.1, 0.15) is 5.84 Å². The molecule has 14 aromatic rings. The van der Waals surface area contributed by atoms with Crippen molar-refractivity contribution >= 4 is 88.5 Å². The third kappa shape index (κ3) is 7.11. The summed E-state index contributed by atoms with van der Waals surface area (Å²) in [5.74, 6) is 3.36. The minimum Gasteiger partial charge on any atom is -0.333 e. The number of amidine groups is 2. The highest BCUT2D eigenvalue weighted by Crippen LogP contribution is 2.51. The third-order valence-corrected chi connectivity index (χ3v) is 16.7. The lowest BCUT2D eigenvalue weighted by Crippen LogP contribution is -2.36. The molecule has 4 aromatic heterocycles. The number of para-hydroxylation sites is 3. The number of allylic oxidation sites excluding steroid dienone is 2. The van der Waals surface area contributed by atoms with Crippen LogP contribution in [0.3, 0.4) is 0 Å². The minimum atomic E-state index is -0.499. The lowest BCUT2D eigenvalue weighted by Gasteiger charge is -2.29. The molecule has 386 valence electrons. The Bertz CT molecular complexity index is 4970. The van der Waals surface area contributed by atoms with E-state index in [9.17, 15) is 0 Å². The van der Waals surface area contributed by atoms with Gasteiger partial charge < -0.3 is 19.4 Å². The van der Waals surface area contributed by atoms with Crippen molar-refractivity contribution in [1.82, 2.24) is 34.0 Å². The second kappa shape index (κ2) is 18.3. The van der Waals surface area contributed by atoms with E-state index in [1.165, 1.54) is 22.0 Å². The first-order valence-corrected chi connectivity index (χ1v) is 27.9. The first kappa shape index (κ1) is 46.0. The molecule has 0 saturated heterocycles. The van der Waals surface area contributed by atoms with Crippen LogP contribution in [0.4, 0.5) is 11.4 Å². The summed E-state index contributed by atoms with van der Waals surface area (Å²) in [6.45, 7) is 0. The van der Waals surface area contributed by atoms with Gasteiger partial charge in [-0.15, -0.1) is 0 Å². The molecule has 1 aliphatic carbocycles. The van der Waals surface area contributed by atoms with Gasteiger partial charge in [-0.3, -0.25) is 4.57 Å². The molecule has 3 aliphatic rings. The molecule has 10 heteroatoms. The predicted octanol–water partition coefficient (Wildman–Crippen LogP) is 16.2. The zero-order valence-corrected chi connectivity index (χ0v) is 44.2. The summed E-state index contributed by atoms with van der Waals surface area (Å²) in [7, 11) is 0. The van der Waals surface area contributed by atoms with Crippen LogP contribution in [0.5, 0.6) is 0 Å². The highest BCUT2D eigenvalue weighted by molar-refractivity contribution is 6.26. The fourth-order valence-corrected chi connectivity index (χ4v) is 13.1. The van der Waals surface area contributed by atoms with Crippen LogP contribution in [0.2, 0.25) is 0 Å². The van der Waals surface area contributed by atoms with E-state index < -0.39 is 6.29 Å². The Morgan fingerprint density at radius 1 is 0.402 bits per heavy atom. The van der Waals surface area contributed by atoms with Crippen LogP contribution in [-0.4, -0.2) is 46.4 Å². The summed E-state index contributed by atoms with van der Waals surface area (Å²) in [6, 6.07) is 85.8. The summed E-state index contributed by atoms with van der Waals surface area (Å²) in [4.78, 5) is 28.7. The van der Waals surface area contributed by atoms with Gasteiger partial charge in [-0.05, 0) is 60.2 Å². The first-order chi connectivity index (χ1) is 40.7. The van der Waals surface area contributed by atoms with E-state index in [1.54, 1.807) is 0 Å². The summed E-state index contributed by atoms with van der Waals surface area (Å²) in [6.07, 6.45) is 8.61. The molecule has 2 aliphatic heterocycles. The molecule has 0 fully saturated rings. The molecule has 0 amide bonds. The van der Waals surface area contributed by atoms with Crippen LogP contribution >= 0.6 is 0 Å². The van der Waals surface area contributed by atoms with Crippen LogP contribution in [0.1, 0.15) is 28.9 Å². The van der Waals surface area contributed by atoms with E-state index in [2.05, 4.69) is 230 Å². The lowest BCUT2D eigenvalue weighted by molar-refractivity contribution is 0.516. The molecule has 17 rings (SSSR count). The Kier molecular flexibility index (Phi) is 10.3. The third-order valence-electron chi connectivity index (χ3n) is 16.7. The average molecular weight is 1050 g/mol. The maximum Gasteiger partial charge on any atom is 0.238 e. The van der Waals surface area contributed by atoms with E-state index in [0.717, 1.165) is 94.1 Å². The number of hydrogen-bond acceptors (Lipinski definition) is 7. The topological polar surface area (TPSA) is 93.5 Å².